The van der Waals surface area contributed by atoms with Gasteiger partial charge in [-0.1, -0.05) is 0 Å². The summed E-state index contributed by atoms with van der Waals surface area (Å²) in [6.07, 6.45) is 4.80. The lowest BCUT2D eigenvalue weighted by atomic mass is 9.97. The standard InChI is InChI=1S/C18H21N3O2S/c22-18(15-4-10-24-13-15)21-8-9-23-17-3-7-20(12-16(17)21)11-14-1-5-19-6-2-14/h1-2,4-6,10,13,16-17H,3,7-9,11-12H2/t16-,17-/m0/s1. The number of piperidine rings is 1. The van der Waals surface area contributed by atoms with Gasteiger partial charge in [0.25, 0.3) is 5.91 Å². The molecule has 2 fully saturated rings. The van der Waals surface area contributed by atoms with Gasteiger partial charge in [0.2, 0.25) is 0 Å². The molecule has 0 saturated carbocycles. The van der Waals surface area contributed by atoms with Crippen LogP contribution in [0.4, 0.5) is 0 Å². The van der Waals surface area contributed by atoms with E-state index >= 15 is 0 Å². The molecule has 0 aromatic carbocycles. The highest BCUT2D eigenvalue weighted by molar-refractivity contribution is 7.08. The second kappa shape index (κ2) is 7.01. The third-order valence-electron chi connectivity index (χ3n) is 4.85. The molecule has 2 aliphatic rings. The zero-order valence-corrected chi connectivity index (χ0v) is 14.3. The topological polar surface area (TPSA) is 45.7 Å². The number of thiophene rings is 1. The molecule has 4 rings (SSSR count). The van der Waals surface area contributed by atoms with Crippen LogP contribution in [0, 0.1) is 0 Å². The van der Waals surface area contributed by atoms with Crippen molar-refractivity contribution in [3.8, 4) is 0 Å². The maximum absolute atomic E-state index is 12.8. The average Bonchev–Trinajstić information content (AvgIpc) is 3.16. The number of hydrogen-bond donors (Lipinski definition) is 0. The minimum absolute atomic E-state index is 0.139. The molecular weight excluding hydrogens is 322 g/mol. The van der Waals surface area contributed by atoms with E-state index in [-0.39, 0.29) is 18.1 Å². The molecule has 2 saturated heterocycles. The van der Waals surface area contributed by atoms with Crippen LogP contribution in [0.25, 0.3) is 0 Å². The van der Waals surface area contributed by atoms with Gasteiger partial charge < -0.3 is 9.64 Å². The molecule has 0 spiro atoms. The van der Waals surface area contributed by atoms with E-state index in [0.29, 0.717) is 13.2 Å². The van der Waals surface area contributed by atoms with Crippen molar-refractivity contribution in [2.45, 2.75) is 25.1 Å². The summed E-state index contributed by atoms with van der Waals surface area (Å²) < 4.78 is 5.95. The van der Waals surface area contributed by atoms with Gasteiger partial charge >= 0.3 is 0 Å². The van der Waals surface area contributed by atoms with Crippen LogP contribution in [0.15, 0.2) is 41.4 Å². The lowest BCUT2D eigenvalue weighted by Gasteiger charge is -2.47. The SMILES string of the molecule is O=C(c1ccsc1)N1CCO[C@H]2CCN(Cc3ccncc3)C[C@@H]21. The van der Waals surface area contributed by atoms with Crippen molar-refractivity contribution in [3.05, 3.63) is 52.5 Å². The lowest BCUT2D eigenvalue weighted by molar-refractivity contribution is -0.0914. The number of morpholine rings is 1. The van der Waals surface area contributed by atoms with Crippen LogP contribution < -0.4 is 0 Å². The first-order valence-corrected chi connectivity index (χ1v) is 9.31. The van der Waals surface area contributed by atoms with Crippen molar-refractivity contribution in [2.75, 3.05) is 26.2 Å². The quantitative estimate of drug-likeness (QED) is 0.858. The second-order valence-electron chi connectivity index (χ2n) is 6.37. The van der Waals surface area contributed by atoms with Gasteiger partial charge in [0.05, 0.1) is 24.3 Å². The molecule has 1 amide bonds. The van der Waals surface area contributed by atoms with Crippen molar-refractivity contribution in [2.24, 2.45) is 0 Å². The predicted molar refractivity (Wildman–Crippen MR) is 93.0 cm³/mol. The summed E-state index contributed by atoms with van der Waals surface area (Å²) in [5, 5.41) is 3.89. The number of carbonyl (C=O) groups is 1. The van der Waals surface area contributed by atoms with Gasteiger partial charge in [0.15, 0.2) is 0 Å². The summed E-state index contributed by atoms with van der Waals surface area (Å²) in [4.78, 5) is 21.3. The zero-order chi connectivity index (χ0) is 16.4. The smallest absolute Gasteiger partial charge is 0.255 e. The van der Waals surface area contributed by atoms with Gasteiger partial charge in [0, 0.05) is 44.0 Å². The maximum atomic E-state index is 12.8. The van der Waals surface area contributed by atoms with Crippen LogP contribution in [0.2, 0.25) is 0 Å². The average molecular weight is 343 g/mol. The second-order valence-corrected chi connectivity index (χ2v) is 7.15. The Hall–Kier alpha value is -1.76. The lowest BCUT2D eigenvalue weighted by Crippen LogP contribution is -2.61. The third kappa shape index (κ3) is 3.22. The van der Waals surface area contributed by atoms with Gasteiger partial charge in [-0.05, 0) is 35.6 Å². The Morgan fingerprint density at radius 1 is 1.29 bits per heavy atom. The van der Waals surface area contributed by atoms with Crippen molar-refractivity contribution >= 4 is 17.2 Å². The molecule has 2 atom stereocenters. The molecule has 0 N–H and O–H groups in total. The maximum Gasteiger partial charge on any atom is 0.255 e. The van der Waals surface area contributed by atoms with Crippen LogP contribution in [0.3, 0.4) is 0 Å². The Labute approximate surface area is 145 Å². The Balaban J connectivity index is 1.48. The number of rotatable bonds is 3. The number of hydrogen-bond acceptors (Lipinski definition) is 5. The van der Waals surface area contributed by atoms with E-state index in [1.807, 2.05) is 34.1 Å². The minimum atomic E-state index is 0.139. The van der Waals surface area contributed by atoms with Gasteiger partial charge in [0.1, 0.15) is 0 Å². The molecule has 4 heterocycles. The third-order valence-corrected chi connectivity index (χ3v) is 5.54. The molecule has 6 heteroatoms. The predicted octanol–water partition coefficient (Wildman–Crippen LogP) is 2.26. The fourth-order valence-electron chi connectivity index (χ4n) is 3.63. The Morgan fingerprint density at radius 2 is 2.17 bits per heavy atom. The molecule has 5 nitrogen and oxygen atoms in total. The molecule has 0 radical (unpaired) electrons. The van der Waals surface area contributed by atoms with Crippen LogP contribution in [-0.4, -0.2) is 59.1 Å². The van der Waals surface area contributed by atoms with Gasteiger partial charge in [-0.3, -0.25) is 14.7 Å². The summed E-state index contributed by atoms with van der Waals surface area (Å²) in [7, 11) is 0. The number of ether oxygens (including phenoxy) is 1. The van der Waals surface area contributed by atoms with Crippen LogP contribution in [-0.2, 0) is 11.3 Å². The van der Waals surface area contributed by atoms with Gasteiger partial charge in [-0.2, -0.15) is 11.3 Å². The van der Waals surface area contributed by atoms with Gasteiger partial charge in [-0.25, -0.2) is 0 Å². The molecule has 0 unspecified atom stereocenters. The Morgan fingerprint density at radius 3 is 2.96 bits per heavy atom. The van der Waals surface area contributed by atoms with Crippen molar-refractivity contribution in [3.63, 3.8) is 0 Å². The summed E-state index contributed by atoms with van der Waals surface area (Å²) in [6, 6.07) is 6.16. The van der Waals surface area contributed by atoms with E-state index < -0.39 is 0 Å². The van der Waals surface area contributed by atoms with E-state index in [4.69, 9.17) is 4.74 Å². The van der Waals surface area contributed by atoms with Crippen molar-refractivity contribution < 1.29 is 9.53 Å². The van der Waals surface area contributed by atoms with E-state index in [1.54, 1.807) is 11.3 Å². The van der Waals surface area contributed by atoms with Crippen molar-refractivity contribution in [1.82, 2.24) is 14.8 Å². The normalized spacial score (nSPS) is 24.6. The number of likely N-dealkylation sites (tertiary alicyclic amines) is 1. The number of carbonyl (C=O) groups excluding carboxylic acids is 1. The Kier molecular flexibility index (Phi) is 4.60. The summed E-state index contributed by atoms with van der Waals surface area (Å²) >= 11 is 1.57. The molecular formula is C18H21N3O2S. The number of pyridine rings is 1. The van der Waals surface area contributed by atoms with Crippen molar-refractivity contribution in [1.29, 1.82) is 0 Å². The molecule has 126 valence electrons. The largest absolute Gasteiger partial charge is 0.374 e. The molecule has 0 bridgehead atoms. The summed E-state index contributed by atoms with van der Waals surface area (Å²) in [5.41, 5.74) is 2.06. The summed E-state index contributed by atoms with van der Waals surface area (Å²) in [6.45, 7) is 4.08. The van der Waals surface area contributed by atoms with Crippen LogP contribution in [0.1, 0.15) is 22.3 Å². The Bertz CT molecular complexity index is 677. The van der Waals surface area contributed by atoms with E-state index in [2.05, 4.69) is 22.0 Å². The van der Waals surface area contributed by atoms with Crippen LogP contribution in [0.5, 0.6) is 0 Å². The zero-order valence-electron chi connectivity index (χ0n) is 13.5. The highest BCUT2D eigenvalue weighted by Crippen LogP contribution is 2.26. The fourth-order valence-corrected chi connectivity index (χ4v) is 4.26. The van der Waals surface area contributed by atoms with E-state index in [0.717, 1.165) is 31.6 Å². The van der Waals surface area contributed by atoms with Gasteiger partial charge in [-0.15, -0.1) is 0 Å². The monoisotopic (exact) mass is 343 g/mol. The molecule has 24 heavy (non-hydrogen) atoms. The molecule has 2 aromatic heterocycles. The highest BCUT2D eigenvalue weighted by Gasteiger charge is 2.39. The molecule has 2 aromatic rings. The first-order chi connectivity index (χ1) is 11.8. The molecule has 2 aliphatic heterocycles. The van der Waals surface area contributed by atoms with Crippen LogP contribution >= 0.6 is 11.3 Å². The number of aromatic nitrogens is 1. The number of fused-ring (bicyclic) bond motifs is 1. The first-order valence-electron chi connectivity index (χ1n) is 8.37. The fraction of sp³-hybridized carbons (Fsp3) is 0.444. The number of nitrogens with zero attached hydrogens (tertiary/aromatic N) is 3. The highest BCUT2D eigenvalue weighted by atomic mass is 32.1. The minimum Gasteiger partial charge on any atom is -0.374 e. The van der Waals surface area contributed by atoms with E-state index in [9.17, 15) is 4.79 Å². The summed E-state index contributed by atoms with van der Waals surface area (Å²) in [5.74, 6) is 0.139. The first kappa shape index (κ1) is 15.7. The molecule has 0 aliphatic carbocycles. The number of amides is 1. The van der Waals surface area contributed by atoms with E-state index in [1.165, 1.54) is 5.56 Å².